The number of aliphatic hydroxyl groups is 2. The van der Waals surface area contributed by atoms with E-state index in [0.717, 1.165) is 51.4 Å². The Kier molecular flexibility index (Phi) is 68.9. The van der Waals surface area contributed by atoms with Crippen molar-refractivity contribution in [2.45, 2.75) is 418 Å². The van der Waals surface area contributed by atoms with Crippen LogP contribution in [-0.2, 0) is 14.3 Å². The van der Waals surface area contributed by atoms with Gasteiger partial charge in [0.05, 0.1) is 25.4 Å². The van der Waals surface area contributed by atoms with Crippen LogP contribution in [0.5, 0.6) is 0 Å². The maximum atomic E-state index is 12.5. The number of hydrogen-bond acceptors (Lipinski definition) is 5. The molecule has 2 atom stereocenters. The van der Waals surface area contributed by atoms with Gasteiger partial charge in [-0.2, -0.15) is 0 Å². The van der Waals surface area contributed by atoms with Crippen LogP contribution in [0.4, 0.5) is 0 Å². The lowest BCUT2D eigenvalue weighted by Gasteiger charge is -2.20. The minimum atomic E-state index is -0.843. The number of esters is 1. The molecule has 0 spiro atoms. The van der Waals surface area contributed by atoms with Crippen molar-refractivity contribution < 1.29 is 24.5 Å². The third-order valence-corrected chi connectivity index (χ3v) is 17.2. The molecular weight excluding hydrogens is 995 g/mol. The predicted molar refractivity (Wildman–Crippen MR) is 356 cm³/mol. The molecule has 0 aromatic rings. The molecule has 6 heteroatoms. The van der Waals surface area contributed by atoms with E-state index in [4.69, 9.17) is 4.74 Å². The third kappa shape index (κ3) is 67.1. The quantitative estimate of drug-likeness (QED) is 0.0320. The van der Waals surface area contributed by atoms with Gasteiger partial charge in [-0.3, -0.25) is 9.59 Å². The van der Waals surface area contributed by atoms with Crippen molar-refractivity contribution in [3.63, 3.8) is 0 Å². The van der Waals surface area contributed by atoms with Gasteiger partial charge in [-0.05, 0) is 64.2 Å². The van der Waals surface area contributed by atoms with Gasteiger partial charge < -0.3 is 20.3 Å². The van der Waals surface area contributed by atoms with Gasteiger partial charge in [-0.15, -0.1) is 0 Å². The van der Waals surface area contributed by atoms with E-state index >= 15 is 0 Å². The highest BCUT2D eigenvalue weighted by Gasteiger charge is 2.18. The number of unbranched alkanes of at least 4 members (excludes halogenated alkanes) is 54. The van der Waals surface area contributed by atoms with E-state index in [9.17, 15) is 19.8 Å². The molecule has 478 valence electrons. The SMILES string of the molecule is CCCCC/C=C\C/C=C\CCCCCCCCCCCC(=O)OCCCCCCCCCCCCCCCCCCCCCCCCCCCCCCC(=O)NC(CO)C(O)/C=C/CCCCCCCCCCCCCCCCC. The van der Waals surface area contributed by atoms with Crippen molar-refractivity contribution in [3.8, 4) is 0 Å². The van der Waals surface area contributed by atoms with Crippen LogP contribution in [0.15, 0.2) is 36.5 Å². The molecule has 0 aromatic carbocycles. The maximum absolute atomic E-state index is 12.5. The van der Waals surface area contributed by atoms with Crippen LogP contribution < -0.4 is 5.32 Å². The normalized spacial score (nSPS) is 12.7. The van der Waals surface area contributed by atoms with Gasteiger partial charge in [-0.1, -0.05) is 365 Å². The van der Waals surface area contributed by atoms with E-state index in [-0.39, 0.29) is 18.5 Å². The molecule has 0 rings (SSSR count). The molecule has 0 aliphatic heterocycles. The van der Waals surface area contributed by atoms with Gasteiger partial charge in [0.2, 0.25) is 5.91 Å². The number of amides is 1. The van der Waals surface area contributed by atoms with Crippen LogP contribution in [0, 0.1) is 0 Å². The van der Waals surface area contributed by atoms with E-state index in [1.807, 2.05) is 6.08 Å². The molecule has 1 amide bonds. The summed E-state index contributed by atoms with van der Waals surface area (Å²) in [5.41, 5.74) is 0. The summed E-state index contributed by atoms with van der Waals surface area (Å²) in [6.45, 7) is 4.92. The Morgan fingerprint density at radius 3 is 0.963 bits per heavy atom. The van der Waals surface area contributed by atoms with E-state index in [0.29, 0.717) is 19.4 Å². The number of hydrogen-bond donors (Lipinski definition) is 3. The molecule has 0 aromatic heterocycles. The second kappa shape index (κ2) is 70.6. The summed E-state index contributed by atoms with van der Waals surface area (Å²) in [4.78, 5) is 24.6. The molecule has 2 unspecified atom stereocenters. The first-order valence-corrected chi connectivity index (χ1v) is 36.8. The highest BCUT2D eigenvalue weighted by molar-refractivity contribution is 5.76. The van der Waals surface area contributed by atoms with Crippen molar-refractivity contribution in [3.05, 3.63) is 36.5 Å². The zero-order chi connectivity index (χ0) is 58.5. The molecule has 81 heavy (non-hydrogen) atoms. The molecule has 3 N–H and O–H groups in total. The van der Waals surface area contributed by atoms with Crippen molar-refractivity contribution in [1.29, 1.82) is 0 Å². The largest absolute Gasteiger partial charge is 0.466 e. The van der Waals surface area contributed by atoms with Crippen LogP contribution in [0.25, 0.3) is 0 Å². The molecular formula is C75H143NO5. The summed E-state index contributed by atoms with van der Waals surface area (Å²) < 4.78 is 5.51. The molecule has 0 radical (unpaired) electrons. The Bertz CT molecular complexity index is 1310. The van der Waals surface area contributed by atoms with E-state index in [1.54, 1.807) is 6.08 Å². The Hall–Kier alpha value is -1.92. The first-order valence-electron chi connectivity index (χ1n) is 36.8. The fourth-order valence-corrected chi connectivity index (χ4v) is 11.6. The fraction of sp³-hybridized carbons (Fsp3) is 0.893. The number of carbonyl (C=O) groups excluding carboxylic acids is 2. The second-order valence-corrected chi connectivity index (χ2v) is 25.3. The lowest BCUT2D eigenvalue weighted by Crippen LogP contribution is -2.45. The van der Waals surface area contributed by atoms with Gasteiger partial charge in [-0.25, -0.2) is 0 Å². The average Bonchev–Trinajstić information content (AvgIpc) is 3.47. The summed E-state index contributed by atoms with van der Waals surface area (Å²) in [7, 11) is 0. The number of allylic oxidation sites excluding steroid dienone is 5. The second-order valence-electron chi connectivity index (χ2n) is 25.3. The minimum absolute atomic E-state index is 0.0152. The Balaban J connectivity index is 3.35. The first kappa shape index (κ1) is 79.1. The molecule has 6 nitrogen and oxygen atoms in total. The maximum Gasteiger partial charge on any atom is 0.305 e. The van der Waals surface area contributed by atoms with Crippen molar-refractivity contribution in [2.24, 2.45) is 0 Å². The van der Waals surface area contributed by atoms with Gasteiger partial charge in [0.25, 0.3) is 0 Å². The van der Waals surface area contributed by atoms with Crippen molar-refractivity contribution in [1.82, 2.24) is 5.32 Å². The number of nitrogens with one attached hydrogen (secondary N) is 1. The minimum Gasteiger partial charge on any atom is -0.466 e. The zero-order valence-electron chi connectivity index (χ0n) is 54.8. The topological polar surface area (TPSA) is 95.9 Å². The predicted octanol–water partition coefficient (Wildman–Crippen LogP) is 23.9. The van der Waals surface area contributed by atoms with Crippen LogP contribution in [0.1, 0.15) is 406 Å². The molecule has 0 saturated heterocycles. The average molecular weight is 1140 g/mol. The summed E-state index contributed by atoms with van der Waals surface area (Å²) in [5.74, 6) is -0.0466. The summed E-state index contributed by atoms with van der Waals surface area (Å²) in [6.07, 6.45) is 90.9. The lowest BCUT2D eigenvalue weighted by molar-refractivity contribution is -0.143. The fourth-order valence-electron chi connectivity index (χ4n) is 11.6. The summed E-state index contributed by atoms with van der Waals surface area (Å²) in [6, 6.07) is -0.626. The van der Waals surface area contributed by atoms with Crippen LogP contribution in [-0.4, -0.2) is 47.4 Å². The van der Waals surface area contributed by atoms with Crippen molar-refractivity contribution >= 4 is 11.9 Å². The third-order valence-electron chi connectivity index (χ3n) is 17.2. The molecule has 0 aliphatic carbocycles. The molecule has 0 fully saturated rings. The number of ether oxygens (including phenoxy) is 1. The number of carbonyl (C=O) groups is 2. The smallest absolute Gasteiger partial charge is 0.305 e. The van der Waals surface area contributed by atoms with Gasteiger partial charge in [0, 0.05) is 12.8 Å². The molecule has 0 bridgehead atoms. The zero-order valence-corrected chi connectivity index (χ0v) is 54.8. The Labute approximate surface area is 506 Å². The molecule has 0 aliphatic rings. The Morgan fingerprint density at radius 1 is 0.346 bits per heavy atom. The van der Waals surface area contributed by atoms with Gasteiger partial charge in [0.1, 0.15) is 0 Å². The Morgan fingerprint density at radius 2 is 0.617 bits per heavy atom. The van der Waals surface area contributed by atoms with Gasteiger partial charge >= 0.3 is 5.97 Å². The van der Waals surface area contributed by atoms with Crippen LogP contribution in [0.2, 0.25) is 0 Å². The van der Waals surface area contributed by atoms with E-state index in [2.05, 4.69) is 43.5 Å². The van der Waals surface area contributed by atoms with Crippen LogP contribution in [0.3, 0.4) is 0 Å². The summed E-state index contributed by atoms with van der Waals surface area (Å²) >= 11 is 0. The van der Waals surface area contributed by atoms with Gasteiger partial charge in [0.15, 0.2) is 0 Å². The highest BCUT2D eigenvalue weighted by atomic mass is 16.5. The van der Waals surface area contributed by atoms with Crippen LogP contribution >= 0.6 is 0 Å². The standard InChI is InChI=1S/C75H143NO5/c1-3-5-7-9-11-13-15-17-19-21-32-37-41-45-49-53-57-61-65-69-75(80)81-70-66-62-58-54-50-46-42-38-34-31-29-27-25-23-22-24-26-28-30-33-36-40-44-48-52-56-60-64-68-74(79)76-72(71-77)73(78)67-63-59-55-51-47-43-39-35-20-18-16-14-12-10-8-6-4-2/h11,13,17,19,63,67,72-73,77-78H,3-10,12,14-16,18,20-62,64-66,68-71H2,1-2H3,(H,76,79)/b13-11-,19-17-,67-63+. The van der Waals surface area contributed by atoms with E-state index < -0.39 is 12.1 Å². The lowest BCUT2D eigenvalue weighted by atomic mass is 10.0. The monoisotopic (exact) mass is 1140 g/mol. The molecule has 0 saturated carbocycles. The number of rotatable bonds is 69. The molecule has 0 heterocycles. The number of aliphatic hydroxyl groups excluding tert-OH is 2. The highest BCUT2D eigenvalue weighted by Crippen LogP contribution is 2.19. The first-order chi connectivity index (χ1) is 40.0. The summed E-state index contributed by atoms with van der Waals surface area (Å²) in [5, 5.41) is 23.2. The van der Waals surface area contributed by atoms with Crippen molar-refractivity contribution in [2.75, 3.05) is 13.2 Å². The van der Waals surface area contributed by atoms with E-state index in [1.165, 1.54) is 327 Å².